The number of nitrogens with zero attached hydrogens (tertiary/aromatic N) is 1. The number of benzene rings is 2. The van der Waals surface area contributed by atoms with Crippen molar-refractivity contribution in [2.24, 2.45) is 0 Å². The lowest BCUT2D eigenvalue weighted by Gasteiger charge is -2.16. The molecule has 1 unspecified atom stereocenters. The van der Waals surface area contributed by atoms with Crippen LogP contribution in [0.4, 0.5) is 0 Å². The molecule has 160 valence electrons. The van der Waals surface area contributed by atoms with Gasteiger partial charge in [0.1, 0.15) is 11.3 Å². The first kappa shape index (κ1) is 21.8. The maximum absolute atomic E-state index is 10.7. The number of carboxylic acid groups (broad SMARTS) is 1. The van der Waals surface area contributed by atoms with Crippen LogP contribution in [0.3, 0.4) is 0 Å². The summed E-state index contributed by atoms with van der Waals surface area (Å²) < 4.78 is 11.3. The van der Waals surface area contributed by atoms with Crippen LogP contribution < -0.4 is 10.1 Å². The highest BCUT2D eigenvalue weighted by Gasteiger charge is 2.18. The Morgan fingerprint density at radius 3 is 2.77 bits per heavy atom. The summed E-state index contributed by atoms with van der Waals surface area (Å²) in [6, 6.07) is 15.3. The third-order valence-electron chi connectivity index (χ3n) is 5.02. The van der Waals surface area contributed by atoms with Gasteiger partial charge in [-0.25, -0.2) is 9.78 Å². The van der Waals surface area contributed by atoms with Crippen molar-refractivity contribution in [1.29, 1.82) is 0 Å². The summed E-state index contributed by atoms with van der Waals surface area (Å²) >= 11 is 0. The van der Waals surface area contributed by atoms with E-state index in [0.717, 1.165) is 29.5 Å². The van der Waals surface area contributed by atoms with E-state index >= 15 is 0 Å². The summed E-state index contributed by atoms with van der Waals surface area (Å²) in [6.45, 7) is 2.49. The molecule has 0 saturated carbocycles. The van der Waals surface area contributed by atoms with Crippen molar-refractivity contribution in [2.45, 2.75) is 58.0 Å². The Bertz CT molecular complexity index is 905. The first-order chi connectivity index (χ1) is 14.7. The third kappa shape index (κ3) is 6.59. The van der Waals surface area contributed by atoms with Crippen molar-refractivity contribution >= 4 is 17.1 Å². The Balaban J connectivity index is 1.66. The van der Waals surface area contributed by atoms with E-state index < -0.39 is 5.97 Å². The zero-order valence-corrected chi connectivity index (χ0v) is 17.5. The molecule has 0 aliphatic carbocycles. The topological polar surface area (TPSA) is 84.6 Å². The molecule has 0 bridgehead atoms. The van der Waals surface area contributed by atoms with E-state index in [1.807, 2.05) is 42.5 Å². The maximum atomic E-state index is 10.7. The van der Waals surface area contributed by atoms with E-state index in [1.165, 1.54) is 25.7 Å². The lowest BCUT2D eigenvalue weighted by atomic mass is 10.1. The first-order valence-electron chi connectivity index (χ1n) is 10.7. The summed E-state index contributed by atoms with van der Waals surface area (Å²) in [6.07, 6.45) is 7.01. The van der Waals surface area contributed by atoms with E-state index in [2.05, 4.69) is 17.2 Å². The minimum atomic E-state index is -0.988. The number of carbonyl (C=O) groups is 1. The molecule has 0 aliphatic heterocycles. The lowest BCUT2D eigenvalue weighted by Crippen LogP contribution is -2.21. The maximum Gasteiger partial charge on any atom is 0.341 e. The van der Waals surface area contributed by atoms with Crippen molar-refractivity contribution < 1.29 is 19.1 Å². The molecule has 30 heavy (non-hydrogen) atoms. The number of aliphatic carboxylic acids is 1. The van der Waals surface area contributed by atoms with Crippen molar-refractivity contribution in [3.63, 3.8) is 0 Å². The lowest BCUT2D eigenvalue weighted by molar-refractivity contribution is -0.139. The van der Waals surface area contributed by atoms with Gasteiger partial charge < -0.3 is 19.6 Å². The van der Waals surface area contributed by atoms with Crippen molar-refractivity contribution in [1.82, 2.24) is 10.3 Å². The molecule has 0 amide bonds. The number of oxazole rings is 1. The van der Waals surface area contributed by atoms with Crippen LogP contribution in [0.5, 0.6) is 5.75 Å². The number of hydrogen-bond acceptors (Lipinski definition) is 5. The molecule has 6 heteroatoms. The number of para-hydroxylation sites is 2. The average Bonchev–Trinajstić information content (AvgIpc) is 3.18. The second-order valence-corrected chi connectivity index (χ2v) is 7.49. The molecular weight excluding hydrogens is 380 g/mol. The highest BCUT2D eigenvalue weighted by Crippen LogP contribution is 2.25. The fourth-order valence-corrected chi connectivity index (χ4v) is 3.44. The van der Waals surface area contributed by atoms with Gasteiger partial charge in [0.15, 0.2) is 12.2 Å². The highest BCUT2D eigenvalue weighted by atomic mass is 16.5. The Morgan fingerprint density at radius 1 is 1.13 bits per heavy atom. The quantitative estimate of drug-likeness (QED) is 0.363. The van der Waals surface area contributed by atoms with Crippen LogP contribution in [0, 0.1) is 0 Å². The number of aromatic nitrogens is 1. The standard InChI is InChI=1S/C24H30N2O4/c1-2-3-4-5-6-13-21(24-26-20-12-7-8-14-22(20)30-24)25-16-18-10-9-11-19(15-18)29-17-23(27)28/h7-12,14-15,21,25H,2-6,13,16-17H2,1H3,(H,27,28). The van der Waals surface area contributed by atoms with E-state index in [4.69, 9.17) is 14.3 Å². The summed E-state index contributed by atoms with van der Waals surface area (Å²) in [7, 11) is 0. The number of unbranched alkanes of at least 4 members (excludes halogenated alkanes) is 4. The summed E-state index contributed by atoms with van der Waals surface area (Å²) in [4.78, 5) is 15.4. The minimum Gasteiger partial charge on any atom is -0.482 e. The number of rotatable bonds is 13. The van der Waals surface area contributed by atoms with E-state index in [1.54, 1.807) is 6.07 Å². The predicted octanol–water partition coefficient (Wildman–Crippen LogP) is 5.48. The number of carboxylic acids is 1. The van der Waals surface area contributed by atoms with Crippen molar-refractivity contribution in [2.75, 3.05) is 6.61 Å². The largest absolute Gasteiger partial charge is 0.482 e. The molecule has 0 saturated heterocycles. The van der Waals surface area contributed by atoms with Gasteiger partial charge in [-0.3, -0.25) is 0 Å². The van der Waals surface area contributed by atoms with Gasteiger partial charge in [-0.15, -0.1) is 0 Å². The SMILES string of the molecule is CCCCCCCC(NCc1cccc(OCC(=O)O)c1)c1nc2ccccc2o1. The fourth-order valence-electron chi connectivity index (χ4n) is 3.44. The second kappa shape index (κ2) is 11.4. The Hall–Kier alpha value is -2.86. The number of hydrogen-bond donors (Lipinski definition) is 2. The van der Waals surface area contributed by atoms with Gasteiger partial charge in [0.05, 0.1) is 6.04 Å². The predicted molar refractivity (Wildman–Crippen MR) is 117 cm³/mol. The molecule has 1 aromatic heterocycles. The molecule has 2 aromatic carbocycles. The Labute approximate surface area is 177 Å². The zero-order chi connectivity index (χ0) is 21.2. The van der Waals surface area contributed by atoms with Crippen LogP contribution in [-0.2, 0) is 11.3 Å². The zero-order valence-electron chi connectivity index (χ0n) is 17.5. The highest BCUT2D eigenvalue weighted by molar-refractivity contribution is 5.72. The van der Waals surface area contributed by atoms with E-state index in [-0.39, 0.29) is 12.6 Å². The smallest absolute Gasteiger partial charge is 0.341 e. The molecule has 0 aliphatic rings. The van der Waals surface area contributed by atoms with Crippen LogP contribution in [0.15, 0.2) is 52.9 Å². The molecular formula is C24H30N2O4. The summed E-state index contributed by atoms with van der Waals surface area (Å²) in [5.41, 5.74) is 2.69. The molecule has 1 heterocycles. The van der Waals surface area contributed by atoms with Gasteiger partial charge in [0.25, 0.3) is 0 Å². The van der Waals surface area contributed by atoms with E-state index in [9.17, 15) is 4.79 Å². The first-order valence-corrected chi connectivity index (χ1v) is 10.7. The number of ether oxygens (including phenoxy) is 1. The van der Waals surface area contributed by atoms with Crippen molar-refractivity contribution in [3.8, 4) is 5.75 Å². The van der Waals surface area contributed by atoms with Gasteiger partial charge in [-0.2, -0.15) is 0 Å². The van der Waals surface area contributed by atoms with Crippen LogP contribution in [0.1, 0.15) is 62.9 Å². The number of nitrogens with one attached hydrogen (secondary N) is 1. The van der Waals surface area contributed by atoms with Crippen LogP contribution >= 0.6 is 0 Å². The third-order valence-corrected chi connectivity index (χ3v) is 5.02. The molecule has 2 N–H and O–H groups in total. The van der Waals surface area contributed by atoms with Gasteiger partial charge in [0.2, 0.25) is 5.89 Å². The number of fused-ring (bicyclic) bond motifs is 1. The molecule has 1 atom stereocenters. The monoisotopic (exact) mass is 410 g/mol. The molecule has 0 fully saturated rings. The molecule has 0 radical (unpaired) electrons. The summed E-state index contributed by atoms with van der Waals surface area (Å²) in [5.74, 6) is 0.275. The molecule has 6 nitrogen and oxygen atoms in total. The van der Waals surface area contributed by atoms with Gasteiger partial charge in [0, 0.05) is 6.54 Å². The van der Waals surface area contributed by atoms with Gasteiger partial charge in [-0.05, 0) is 36.2 Å². The fraction of sp³-hybridized carbons (Fsp3) is 0.417. The van der Waals surface area contributed by atoms with Crippen LogP contribution in [0.2, 0.25) is 0 Å². The molecule has 3 aromatic rings. The Morgan fingerprint density at radius 2 is 1.97 bits per heavy atom. The van der Waals surface area contributed by atoms with Gasteiger partial charge >= 0.3 is 5.97 Å². The molecule has 0 spiro atoms. The molecule has 3 rings (SSSR count). The second-order valence-electron chi connectivity index (χ2n) is 7.49. The van der Waals surface area contributed by atoms with E-state index in [0.29, 0.717) is 18.2 Å². The normalized spacial score (nSPS) is 12.2. The van der Waals surface area contributed by atoms with Crippen molar-refractivity contribution in [3.05, 3.63) is 60.0 Å². The minimum absolute atomic E-state index is 0.0163. The average molecular weight is 411 g/mol. The summed E-state index contributed by atoms with van der Waals surface area (Å²) in [5, 5.41) is 12.4. The van der Waals surface area contributed by atoms with Gasteiger partial charge in [-0.1, -0.05) is 63.3 Å². The van der Waals surface area contributed by atoms with Crippen LogP contribution in [0.25, 0.3) is 11.1 Å². The Kier molecular flexibility index (Phi) is 8.27. The van der Waals surface area contributed by atoms with Crippen LogP contribution in [-0.4, -0.2) is 22.7 Å².